The molecule has 0 aliphatic carbocycles. The Hall–Kier alpha value is -0.130. The third-order valence-corrected chi connectivity index (χ3v) is 5.25. The minimum absolute atomic E-state index is 0.0190. The van der Waals surface area contributed by atoms with E-state index in [0.717, 1.165) is 34.3 Å². The minimum atomic E-state index is 0.0190. The van der Waals surface area contributed by atoms with Crippen LogP contribution in [0, 0.1) is 0 Å². The standard InChI is InChI=1S/C15H25BrClN3/c1-5-15(6-2,20(3)4)14(19-18)9-11-7-8-12(16)10-13(11)17/h7-8,10,14,19H,5-6,9,18H2,1-4H3. The Morgan fingerprint density at radius 3 is 2.35 bits per heavy atom. The molecule has 20 heavy (non-hydrogen) atoms. The molecule has 114 valence electrons. The second-order valence-corrected chi connectivity index (χ2v) is 6.69. The van der Waals surface area contributed by atoms with Crippen molar-refractivity contribution in [3.8, 4) is 0 Å². The highest BCUT2D eigenvalue weighted by Crippen LogP contribution is 2.30. The highest BCUT2D eigenvalue weighted by molar-refractivity contribution is 9.10. The predicted molar refractivity (Wildman–Crippen MR) is 91.0 cm³/mol. The number of hydrogen-bond donors (Lipinski definition) is 2. The Kier molecular flexibility index (Phi) is 6.95. The van der Waals surface area contributed by atoms with Gasteiger partial charge in [0, 0.05) is 21.1 Å². The Labute approximate surface area is 136 Å². The number of rotatable bonds is 7. The zero-order valence-electron chi connectivity index (χ0n) is 12.7. The first-order valence-electron chi connectivity index (χ1n) is 6.98. The van der Waals surface area contributed by atoms with Gasteiger partial charge >= 0.3 is 0 Å². The summed E-state index contributed by atoms with van der Waals surface area (Å²) in [6, 6.07) is 6.15. The van der Waals surface area contributed by atoms with E-state index >= 15 is 0 Å². The van der Waals surface area contributed by atoms with E-state index in [1.165, 1.54) is 0 Å². The van der Waals surface area contributed by atoms with Crippen LogP contribution in [0.1, 0.15) is 32.3 Å². The molecule has 1 atom stereocenters. The monoisotopic (exact) mass is 361 g/mol. The largest absolute Gasteiger partial charge is 0.302 e. The van der Waals surface area contributed by atoms with E-state index in [-0.39, 0.29) is 11.6 Å². The van der Waals surface area contributed by atoms with Gasteiger partial charge in [-0.05, 0) is 51.1 Å². The van der Waals surface area contributed by atoms with E-state index in [2.05, 4.69) is 60.3 Å². The lowest BCUT2D eigenvalue weighted by Crippen LogP contribution is -2.61. The van der Waals surface area contributed by atoms with E-state index in [1.54, 1.807) is 0 Å². The first-order valence-corrected chi connectivity index (χ1v) is 8.15. The fourth-order valence-corrected chi connectivity index (χ4v) is 3.75. The van der Waals surface area contributed by atoms with Crippen LogP contribution in [-0.4, -0.2) is 30.6 Å². The molecule has 3 nitrogen and oxygen atoms in total. The van der Waals surface area contributed by atoms with Gasteiger partial charge in [-0.2, -0.15) is 0 Å². The van der Waals surface area contributed by atoms with Crippen LogP contribution in [-0.2, 0) is 6.42 Å². The smallest absolute Gasteiger partial charge is 0.0449 e. The second kappa shape index (κ2) is 7.76. The number of hydrazine groups is 1. The van der Waals surface area contributed by atoms with Crippen LogP contribution >= 0.6 is 27.5 Å². The van der Waals surface area contributed by atoms with Crippen LogP contribution in [0.5, 0.6) is 0 Å². The molecular weight excluding hydrogens is 338 g/mol. The molecule has 0 bridgehead atoms. The van der Waals surface area contributed by atoms with Crippen molar-refractivity contribution in [2.45, 2.75) is 44.7 Å². The SMILES string of the molecule is CCC(CC)(C(Cc1ccc(Br)cc1Cl)NN)N(C)C. The third-order valence-electron chi connectivity index (χ3n) is 4.40. The quantitative estimate of drug-likeness (QED) is 0.575. The van der Waals surface area contributed by atoms with Crippen LogP contribution in [0.15, 0.2) is 22.7 Å². The molecular formula is C15H25BrClN3. The van der Waals surface area contributed by atoms with Crippen molar-refractivity contribution in [2.24, 2.45) is 5.84 Å². The molecule has 1 aromatic rings. The van der Waals surface area contributed by atoms with Gasteiger partial charge in [-0.3, -0.25) is 11.3 Å². The van der Waals surface area contributed by atoms with E-state index in [1.807, 2.05) is 12.1 Å². The maximum atomic E-state index is 6.33. The average molecular weight is 363 g/mol. The number of benzene rings is 1. The Bertz CT molecular complexity index is 433. The van der Waals surface area contributed by atoms with Gasteiger partial charge in [0.1, 0.15) is 0 Å². The van der Waals surface area contributed by atoms with Crippen LogP contribution < -0.4 is 11.3 Å². The molecule has 0 aliphatic rings. The lowest BCUT2D eigenvalue weighted by Gasteiger charge is -2.45. The Morgan fingerprint density at radius 2 is 1.95 bits per heavy atom. The summed E-state index contributed by atoms with van der Waals surface area (Å²) in [6.45, 7) is 4.41. The average Bonchev–Trinajstić information content (AvgIpc) is 2.41. The number of nitrogens with one attached hydrogen (secondary N) is 1. The van der Waals surface area contributed by atoms with Gasteiger partial charge in [-0.15, -0.1) is 0 Å². The van der Waals surface area contributed by atoms with Crippen molar-refractivity contribution in [2.75, 3.05) is 14.1 Å². The maximum Gasteiger partial charge on any atom is 0.0449 e. The summed E-state index contributed by atoms with van der Waals surface area (Å²) in [6.07, 6.45) is 2.86. The highest BCUT2D eigenvalue weighted by atomic mass is 79.9. The molecule has 1 unspecified atom stereocenters. The van der Waals surface area contributed by atoms with Crippen molar-refractivity contribution in [3.05, 3.63) is 33.3 Å². The highest BCUT2D eigenvalue weighted by Gasteiger charge is 2.37. The third kappa shape index (κ3) is 3.74. The number of nitrogens with zero attached hydrogens (tertiary/aromatic N) is 1. The van der Waals surface area contributed by atoms with Crippen molar-refractivity contribution < 1.29 is 0 Å². The fraction of sp³-hybridized carbons (Fsp3) is 0.600. The number of likely N-dealkylation sites (N-methyl/N-ethyl adjacent to an activating group) is 1. The number of halogens is 2. The molecule has 0 amide bonds. The van der Waals surface area contributed by atoms with Gasteiger partial charge in [0.25, 0.3) is 0 Å². The van der Waals surface area contributed by atoms with Gasteiger partial charge in [0.15, 0.2) is 0 Å². The second-order valence-electron chi connectivity index (χ2n) is 5.36. The fourth-order valence-electron chi connectivity index (χ4n) is 3.00. The number of nitrogens with two attached hydrogens (primary N) is 1. The summed E-state index contributed by atoms with van der Waals surface area (Å²) in [5.74, 6) is 5.85. The Morgan fingerprint density at radius 1 is 1.35 bits per heavy atom. The van der Waals surface area contributed by atoms with Gasteiger partial charge in [0.2, 0.25) is 0 Å². The van der Waals surface area contributed by atoms with Crippen molar-refractivity contribution in [1.82, 2.24) is 10.3 Å². The number of hydrogen-bond acceptors (Lipinski definition) is 3. The van der Waals surface area contributed by atoms with Crippen molar-refractivity contribution in [3.63, 3.8) is 0 Å². The zero-order chi connectivity index (χ0) is 15.3. The summed E-state index contributed by atoms with van der Waals surface area (Å²) in [4.78, 5) is 2.27. The normalized spacial score (nSPS) is 13.8. The van der Waals surface area contributed by atoms with Crippen LogP contribution in [0.4, 0.5) is 0 Å². The van der Waals surface area contributed by atoms with Gasteiger partial charge in [-0.1, -0.05) is 47.4 Å². The van der Waals surface area contributed by atoms with E-state index in [4.69, 9.17) is 17.4 Å². The molecule has 0 radical (unpaired) electrons. The van der Waals surface area contributed by atoms with Crippen LogP contribution in [0.25, 0.3) is 0 Å². The molecule has 1 rings (SSSR count). The minimum Gasteiger partial charge on any atom is -0.302 e. The van der Waals surface area contributed by atoms with Gasteiger partial charge < -0.3 is 4.90 Å². The molecule has 0 heterocycles. The summed E-state index contributed by atoms with van der Waals surface area (Å²) >= 11 is 9.77. The molecule has 0 saturated heterocycles. The first-order chi connectivity index (χ1) is 9.41. The van der Waals surface area contributed by atoms with Crippen molar-refractivity contribution in [1.29, 1.82) is 0 Å². The molecule has 0 spiro atoms. The molecule has 0 saturated carbocycles. The van der Waals surface area contributed by atoms with Gasteiger partial charge in [0.05, 0.1) is 0 Å². The first kappa shape index (κ1) is 17.9. The topological polar surface area (TPSA) is 41.3 Å². The molecule has 1 aromatic carbocycles. The van der Waals surface area contributed by atoms with Crippen LogP contribution in [0.2, 0.25) is 5.02 Å². The molecule has 0 fully saturated rings. The summed E-state index contributed by atoms with van der Waals surface area (Å²) in [7, 11) is 4.22. The zero-order valence-corrected chi connectivity index (χ0v) is 15.1. The predicted octanol–water partition coefficient (Wildman–Crippen LogP) is 3.60. The molecule has 0 aliphatic heterocycles. The summed E-state index contributed by atoms with van der Waals surface area (Å²) in [5.41, 5.74) is 4.14. The lowest BCUT2D eigenvalue weighted by molar-refractivity contribution is 0.0882. The lowest BCUT2D eigenvalue weighted by atomic mass is 9.80. The Balaban J connectivity index is 3.06. The van der Waals surface area contributed by atoms with Crippen molar-refractivity contribution >= 4 is 27.5 Å². The molecule has 5 heteroatoms. The van der Waals surface area contributed by atoms with E-state index < -0.39 is 0 Å². The van der Waals surface area contributed by atoms with Gasteiger partial charge in [-0.25, -0.2) is 0 Å². The molecule has 0 aromatic heterocycles. The van der Waals surface area contributed by atoms with E-state index in [9.17, 15) is 0 Å². The summed E-state index contributed by atoms with van der Waals surface area (Å²) in [5, 5.41) is 0.777. The summed E-state index contributed by atoms with van der Waals surface area (Å²) < 4.78 is 0.994. The molecule has 3 N–H and O–H groups in total. The van der Waals surface area contributed by atoms with E-state index in [0.29, 0.717) is 0 Å². The maximum absolute atomic E-state index is 6.33. The van der Waals surface area contributed by atoms with Crippen LogP contribution in [0.3, 0.4) is 0 Å².